The lowest BCUT2D eigenvalue weighted by molar-refractivity contribution is -0.144. The molecule has 20 N–H and O–H groups in total. The predicted octanol–water partition coefficient (Wildman–Crippen LogP) is -2.77. The summed E-state index contributed by atoms with van der Waals surface area (Å²) in [6, 6.07) is 1.49. The molecule has 506 valence electrons. The molecular formula is C60H90N16O14S2. The lowest BCUT2D eigenvalue weighted by atomic mass is 10.0. The van der Waals surface area contributed by atoms with E-state index in [4.69, 9.17) is 22.9 Å². The minimum atomic E-state index is -1.82. The van der Waals surface area contributed by atoms with Gasteiger partial charge in [-0.2, -0.15) is 23.5 Å². The molecule has 0 spiro atoms. The summed E-state index contributed by atoms with van der Waals surface area (Å²) in [6.45, 7) is 6.97. The number of benzene rings is 2. The van der Waals surface area contributed by atoms with Gasteiger partial charge in [-0.25, -0.2) is 0 Å². The first kappa shape index (κ1) is 76.0. The van der Waals surface area contributed by atoms with Crippen molar-refractivity contribution in [2.75, 3.05) is 37.1 Å². The molecule has 92 heavy (non-hydrogen) atoms. The first-order valence-electron chi connectivity index (χ1n) is 30.2. The van der Waals surface area contributed by atoms with Crippen molar-refractivity contribution in [3.8, 4) is 0 Å². The molecule has 1 aliphatic rings. The number of rotatable bonds is 38. The van der Waals surface area contributed by atoms with Crippen LogP contribution in [0.25, 0.3) is 10.9 Å². The summed E-state index contributed by atoms with van der Waals surface area (Å²) in [5, 5.41) is 44.1. The maximum Gasteiger partial charge on any atom is 0.325 e. The normalized spacial score (nSPS) is 16.5. The third kappa shape index (κ3) is 24.0. The van der Waals surface area contributed by atoms with Crippen LogP contribution in [0.1, 0.15) is 90.7 Å². The van der Waals surface area contributed by atoms with Gasteiger partial charge in [-0.05, 0) is 113 Å². The molecule has 0 unspecified atom stereocenters. The number of guanidine groups is 1. The lowest BCUT2D eigenvalue weighted by Crippen LogP contribution is -2.62. The van der Waals surface area contributed by atoms with Crippen LogP contribution in [0.15, 0.2) is 65.8 Å². The zero-order valence-electron chi connectivity index (χ0n) is 52.8. The second-order valence-electron chi connectivity index (χ2n) is 22.8. The number of carboxylic acid groups (broad SMARTS) is 1. The Balaban J connectivity index is 1.54. The van der Waals surface area contributed by atoms with Crippen molar-refractivity contribution in [2.45, 2.75) is 165 Å². The van der Waals surface area contributed by atoms with Crippen LogP contribution in [0.3, 0.4) is 0 Å². The molecule has 0 saturated carbocycles. The molecule has 1 aromatic heterocycles. The number of aliphatic carboxylic acids is 1. The Morgan fingerprint density at radius 3 is 1.73 bits per heavy atom. The van der Waals surface area contributed by atoms with Crippen molar-refractivity contribution >= 4 is 111 Å². The molecule has 2 aromatic carbocycles. The molecule has 3 aromatic rings. The summed E-state index contributed by atoms with van der Waals surface area (Å²) in [7, 11) is 0. The van der Waals surface area contributed by atoms with Crippen LogP contribution in [0.4, 0.5) is 0 Å². The average Bonchev–Trinajstić information content (AvgIpc) is 1.69. The highest BCUT2D eigenvalue weighted by atomic mass is 32.2. The summed E-state index contributed by atoms with van der Waals surface area (Å²) in [4.78, 5) is 172. The van der Waals surface area contributed by atoms with Crippen molar-refractivity contribution in [1.82, 2.24) is 57.7 Å². The number of fused-ring (bicyclic) bond motifs is 1. The Hall–Kier alpha value is -8.49. The number of carboxylic acids is 1. The van der Waals surface area contributed by atoms with E-state index >= 15 is 0 Å². The number of primary amides is 1. The molecule has 0 radical (unpaired) electrons. The van der Waals surface area contributed by atoms with Crippen molar-refractivity contribution in [1.29, 1.82) is 0 Å². The van der Waals surface area contributed by atoms with Crippen LogP contribution in [-0.4, -0.2) is 207 Å². The second-order valence-corrected chi connectivity index (χ2v) is 24.8. The van der Waals surface area contributed by atoms with E-state index < -0.39 is 156 Å². The smallest absolute Gasteiger partial charge is 0.325 e. The number of amides is 11. The van der Waals surface area contributed by atoms with E-state index in [1.165, 1.54) is 37.4 Å². The maximum absolute atomic E-state index is 14.6. The van der Waals surface area contributed by atoms with Gasteiger partial charge in [0.1, 0.15) is 60.4 Å². The predicted molar refractivity (Wildman–Crippen MR) is 347 cm³/mol. The van der Waals surface area contributed by atoms with Gasteiger partial charge in [-0.3, -0.25) is 62.5 Å². The number of para-hydroxylation sites is 1. The number of thioether (sulfide) groups is 2. The molecule has 4 rings (SSSR count). The van der Waals surface area contributed by atoms with Crippen LogP contribution < -0.4 is 70.8 Å². The van der Waals surface area contributed by atoms with Gasteiger partial charge in [0, 0.05) is 36.6 Å². The molecule has 32 heteroatoms. The number of likely N-dealkylation sites (tertiary alicyclic amines) is 1. The Labute approximate surface area is 542 Å². The first-order chi connectivity index (χ1) is 43.6. The monoisotopic (exact) mass is 1320 g/mol. The third-order valence-corrected chi connectivity index (χ3v) is 16.4. The van der Waals surface area contributed by atoms with Crippen molar-refractivity contribution in [3.05, 3.63) is 71.9 Å². The first-order valence-corrected chi connectivity index (χ1v) is 33.0. The van der Waals surface area contributed by atoms with Gasteiger partial charge in [0.05, 0.1) is 18.6 Å². The van der Waals surface area contributed by atoms with E-state index in [1.54, 1.807) is 32.6 Å². The van der Waals surface area contributed by atoms with Crippen LogP contribution in [0, 0.1) is 5.92 Å². The number of aliphatic imine (C=N–C) groups is 1. The highest BCUT2D eigenvalue weighted by Crippen LogP contribution is 2.22. The largest absolute Gasteiger partial charge is 0.480 e. The molecule has 30 nitrogen and oxygen atoms in total. The number of aromatic nitrogens is 1. The van der Waals surface area contributed by atoms with Crippen LogP contribution >= 0.6 is 23.5 Å². The van der Waals surface area contributed by atoms with Crippen LogP contribution in [-0.2, 0) is 70.4 Å². The zero-order chi connectivity index (χ0) is 68.4. The number of nitrogens with two attached hydrogens (primary N) is 4. The summed E-state index contributed by atoms with van der Waals surface area (Å²) < 4.78 is 0. The molecule has 1 fully saturated rings. The Morgan fingerprint density at radius 2 is 1.15 bits per heavy atom. The van der Waals surface area contributed by atoms with E-state index in [0.29, 0.717) is 17.7 Å². The van der Waals surface area contributed by atoms with Gasteiger partial charge in [-0.15, -0.1) is 0 Å². The second kappa shape index (κ2) is 37.7. The molecule has 12 atom stereocenters. The fraction of sp³-hybridized carbons (Fsp3) is 0.550. The van der Waals surface area contributed by atoms with Gasteiger partial charge in [0.2, 0.25) is 65.0 Å². The van der Waals surface area contributed by atoms with E-state index in [-0.39, 0.29) is 69.7 Å². The number of aromatic amines is 1. The number of carbonyl (C=O) groups excluding carboxylic acids is 11. The number of H-pyrrole nitrogens is 1. The van der Waals surface area contributed by atoms with Gasteiger partial charge in [0.25, 0.3) is 0 Å². The number of carbonyl (C=O) groups is 12. The summed E-state index contributed by atoms with van der Waals surface area (Å²) >= 11 is 2.67. The van der Waals surface area contributed by atoms with Crippen LogP contribution in [0.5, 0.6) is 0 Å². The SMILES string of the molecule is CSCC[C@H](NC(=O)[C@H](CCCN=C(N)N)NC(=O)[C@H](Cc1c[nH]c2ccccc12)NC(=O)[C@@H](N)Cc1ccccc1)C(=O)N[C@H](C(=O)N[C@@H](CCSC)C(=O)N[C@H](C(=O)N[C@@H](CC(N)=O)C(=O)N1CCC[C@H]1C(=O)N[C@@H](C)C(=O)N[C@@H](C)C(=O)O)[C@@H](C)O)C(C)C. The minimum Gasteiger partial charge on any atom is -0.480 e. The highest BCUT2D eigenvalue weighted by Gasteiger charge is 2.41. The summed E-state index contributed by atoms with van der Waals surface area (Å²) in [6.07, 6.45) is 3.45. The Morgan fingerprint density at radius 1 is 0.620 bits per heavy atom. The number of nitrogens with zero attached hydrogens (tertiary/aromatic N) is 2. The van der Waals surface area contributed by atoms with Gasteiger partial charge in [-0.1, -0.05) is 62.4 Å². The molecular weight excluding hydrogens is 1230 g/mol. The highest BCUT2D eigenvalue weighted by molar-refractivity contribution is 7.98. The Kier molecular flexibility index (Phi) is 31.2. The zero-order valence-corrected chi connectivity index (χ0v) is 54.4. The summed E-state index contributed by atoms with van der Waals surface area (Å²) in [5.41, 5.74) is 25.3. The standard InChI is InChI=1S/C60H90N16O14S2/c1-31(2)47(56(86)71-42(22-26-92-7)53(83)75-48(34(5)77)57(87)73-44(29-46(62)78)58(88)76-24-14-20-45(76)55(85)67-32(3)49(79)68-33(4)59(89)90)74-52(82)41(21-25-91-6)70-51(81)40(19-13-23-65-60(63)64)69-54(84)43(28-36-30-66-39-18-12-11-17-37(36)39)72-50(80)38(61)27-35-15-9-8-10-16-35/h8-12,15-18,30-34,38,40-45,47-48,66,77H,13-14,19-29,61H2,1-7H3,(H2,62,78)(H,67,85)(H,68,79)(H,69,84)(H,70,81)(H,71,86)(H,72,80)(H,73,87)(H,74,82)(H,75,83)(H,89,90)(H4,63,64,65)/t32-,33-,34+,38-,40-,41-,42-,43-,44-,45-,47-,48-/m0/s1. The fourth-order valence-electron chi connectivity index (χ4n) is 9.95. The molecule has 11 amide bonds. The van der Waals surface area contributed by atoms with E-state index in [2.05, 4.69) is 57.8 Å². The number of hydrogen-bond donors (Lipinski definition) is 16. The van der Waals surface area contributed by atoms with Gasteiger partial charge in [0.15, 0.2) is 5.96 Å². The molecule has 0 bridgehead atoms. The summed E-state index contributed by atoms with van der Waals surface area (Å²) in [5.74, 6) is -11.1. The van der Waals surface area contributed by atoms with Crippen molar-refractivity contribution in [2.24, 2.45) is 33.8 Å². The lowest BCUT2D eigenvalue weighted by Gasteiger charge is -2.31. The number of aliphatic hydroxyl groups excluding tert-OH is 1. The van der Waals surface area contributed by atoms with Crippen LogP contribution in [0.2, 0.25) is 0 Å². The topological polar surface area (TPSA) is 489 Å². The van der Waals surface area contributed by atoms with E-state index in [1.807, 2.05) is 54.6 Å². The Bertz CT molecular complexity index is 3080. The number of aliphatic hydroxyl groups is 1. The van der Waals surface area contributed by atoms with Crippen molar-refractivity contribution < 1.29 is 67.7 Å². The third-order valence-electron chi connectivity index (χ3n) is 15.1. The molecule has 1 aliphatic heterocycles. The van der Waals surface area contributed by atoms with Crippen molar-refractivity contribution in [3.63, 3.8) is 0 Å². The quantitative estimate of drug-likeness (QED) is 0.0157. The average molecular weight is 1320 g/mol. The number of nitrogens with one attached hydrogen (secondary N) is 10. The fourth-order valence-corrected chi connectivity index (χ4v) is 10.9. The number of hydrogen-bond acceptors (Lipinski definition) is 17. The molecule has 2 heterocycles. The molecule has 0 aliphatic carbocycles. The molecule has 1 saturated heterocycles. The minimum absolute atomic E-state index is 0.0207. The van der Waals surface area contributed by atoms with Gasteiger partial charge >= 0.3 is 5.97 Å². The maximum atomic E-state index is 14.6. The van der Waals surface area contributed by atoms with E-state index in [9.17, 15) is 67.7 Å². The van der Waals surface area contributed by atoms with Gasteiger partial charge < -0.3 is 90.9 Å². The van der Waals surface area contributed by atoms with E-state index in [0.717, 1.165) is 28.3 Å².